The van der Waals surface area contributed by atoms with Gasteiger partial charge in [-0.3, -0.25) is 9.59 Å². The van der Waals surface area contributed by atoms with E-state index in [1.54, 1.807) is 48.5 Å². The summed E-state index contributed by atoms with van der Waals surface area (Å²) in [7, 11) is 0. The first kappa shape index (κ1) is 16.9. The number of ketones is 2. The number of carbonyl (C=O) groups is 2. The van der Waals surface area contributed by atoms with Gasteiger partial charge in [-0.05, 0) is 30.5 Å². The van der Waals surface area contributed by atoms with Gasteiger partial charge in [0.1, 0.15) is 11.4 Å². The van der Waals surface area contributed by atoms with Crippen molar-refractivity contribution < 1.29 is 9.59 Å². The third kappa shape index (κ3) is 3.05. The van der Waals surface area contributed by atoms with Gasteiger partial charge in [0.25, 0.3) is 0 Å². The number of allylic oxidation sites excluding steroid dienone is 2. The molecule has 1 aliphatic carbocycles. The molecule has 2 aromatic carbocycles. The summed E-state index contributed by atoms with van der Waals surface area (Å²) in [6, 6.07) is 13.7. The van der Waals surface area contributed by atoms with Crippen molar-refractivity contribution in [3.8, 4) is 0 Å². The van der Waals surface area contributed by atoms with Gasteiger partial charge in [-0.15, -0.1) is 0 Å². The Hall–Kier alpha value is -3.57. The number of hydrogen-bond donors (Lipinski definition) is 1. The molecule has 2 aliphatic rings. The highest BCUT2D eigenvalue weighted by molar-refractivity contribution is 6.27. The fourth-order valence-electron chi connectivity index (χ4n) is 3.53. The van der Waals surface area contributed by atoms with Crippen molar-refractivity contribution in [2.45, 2.75) is 12.8 Å². The molecular formula is C20H17N5O2. The van der Waals surface area contributed by atoms with Crippen LogP contribution >= 0.6 is 0 Å². The van der Waals surface area contributed by atoms with E-state index in [-0.39, 0.29) is 11.6 Å². The first-order valence-electron chi connectivity index (χ1n) is 8.79. The maximum atomic E-state index is 13.1. The number of hydrogen-bond acceptors (Lipinski definition) is 5. The van der Waals surface area contributed by atoms with Gasteiger partial charge < -0.3 is 10.2 Å². The van der Waals surface area contributed by atoms with E-state index in [9.17, 15) is 9.59 Å². The van der Waals surface area contributed by atoms with Crippen molar-refractivity contribution >= 4 is 22.9 Å². The lowest BCUT2D eigenvalue weighted by atomic mass is 9.89. The van der Waals surface area contributed by atoms with E-state index < -0.39 is 0 Å². The van der Waals surface area contributed by atoms with Gasteiger partial charge in [-0.2, -0.15) is 0 Å². The second-order valence-electron chi connectivity index (χ2n) is 6.48. The molecule has 4 rings (SSSR count). The van der Waals surface area contributed by atoms with Crippen molar-refractivity contribution in [1.29, 1.82) is 0 Å². The number of likely N-dealkylation sites (tertiary alicyclic amines) is 1. The third-order valence-electron chi connectivity index (χ3n) is 4.81. The number of nitrogens with one attached hydrogen (secondary N) is 1. The van der Waals surface area contributed by atoms with Gasteiger partial charge in [-0.25, -0.2) is 0 Å². The molecule has 0 bridgehead atoms. The van der Waals surface area contributed by atoms with Crippen LogP contribution in [0, 0.1) is 0 Å². The predicted molar refractivity (Wildman–Crippen MR) is 102 cm³/mol. The fourth-order valence-corrected chi connectivity index (χ4v) is 3.53. The highest BCUT2D eigenvalue weighted by atomic mass is 16.1. The molecule has 2 aromatic rings. The molecular weight excluding hydrogens is 342 g/mol. The van der Waals surface area contributed by atoms with Gasteiger partial charge >= 0.3 is 0 Å². The standard InChI is InChI=1S/C20H17N5O2/c21-24-23-14-9-7-13(8-10-14)22-17-18(25-11-3-4-12-25)20(27)16-6-2-1-5-15(16)19(17)26/h1-2,5-10,22H,3-4,11-12H2. The Morgan fingerprint density at radius 2 is 1.56 bits per heavy atom. The number of azide groups is 1. The molecule has 0 radical (unpaired) electrons. The van der Waals surface area contributed by atoms with Crippen LogP contribution in [-0.4, -0.2) is 29.6 Å². The lowest BCUT2D eigenvalue weighted by Gasteiger charge is -2.28. The summed E-state index contributed by atoms with van der Waals surface area (Å²) in [6.07, 6.45) is 2.00. The fraction of sp³-hybridized carbons (Fsp3) is 0.200. The topological polar surface area (TPSA) is 98.2 Å². The van der Waals surface area contributed by atoms with Crippen LogP contribution in [0.5, 0.6) is 0 Å². The lowest BCUT2D eigenvalue weighted by Crippen LogP contribution is -2.35. The average molecular weight is 359 g/mol. The number of rotatable bonds is 4. The molecule has 0 aromatic heterocycles. The van der Waals surface area contributed by atoms with E-state index in [4.69, 9.17) is 5.53 Å². The summed E-state index contributed by atoms with van der Waals surface area (Å²) in [5, 5.41) is 6.67. The summed E-state index contributed by atoms with van der Waals surface area (Å²) < 4.78 is 0. The van der Waals surface area contributed by atoms with Gasteiger partial charge in [0.2, 0.25) is 11.6 Å². The van der Waals surface area contributed by atoms with Crippen LogP contribution in [0.1, 0.15) is 33.6 Å². The molecule has 1 fully saturated rings. The summed E-state index contributed by atoms with van der Waals surface area (Å²) in [5.41, 5.74) is 11.3. The molecule has 0 spiro atoms. The monoisotopic (exact) mass is 359 g/mol. The van der Waals surface area contributed by atoms with Crippen molar-refractivity contribution in [2.75, 3.05) is 18.4 Å². The van der Waals surface area contributed by atoms with Crippen molar-refractivity contribution in [3.05, 3.63) is 81.5 Å². The summed E-state index contributed by atoms with van der Waals surface area (Å²) >= 11 is 0. The zero-order valence-corrected chi connectivity index (χ0v) is 14.6. The highest BCUT2D eigenvalue weighted by Crippen LogP contribution is 2.31. The van der Waals surface area contributed by atoms with Crippen molar-refractivity contribution in [2.24, 2.45) is 5.11 Å². The second-order valence-corrected chi connectivity index (χ2v) is 6.48. The summed E-state index contributed by atoms with van der Waals surface area (Å²) in [4.78, 5) is 31.0. The van der Waals surface area contributed by atoms with Gasteiger partial charge in [0.05, 0.1) is 0 Å². The predicted octanol–water partition coefficient (Wildman–Crippen LogP) is 4.43. The Kier molecular flexibility index (Phi) is 4.36. The molecule has 0 saturated carbocycles. The molecule has 7 heteroatoms. The molecule has 1 saturated heterocycles. The number of benzene rings is 2. The largest absolute Gasteiger partial charge is 0.367 e. The number of anilines is 1. The summed E-state index contributed by atoms with van der Waals surface area (Å²) in [6.45, 7) is 1.52. The number of fused-ring (bicyclic) bond motifs is 1. The Bertz CT molecular complexity index is 997. The quantitative estimate of drug-likeness (QED) is 0.496. The van der Waals surface area contributed by atoms with E-state index in [1.165, 1.54) is 0 Å². The van der Waals surface area contributed by atoms with Crippen LogP contribution in [0.25, 0.3) is 10.4 Å². The minimum Gasteiger partial charge on any atom is -0.367 e. The maximum absolute atomic E-state index is 13.1. The molecule has 27 heavy (non-hydrogen) atoms. The van der Waals surface area contributed by atoms with E-state index in [1.807, 2.05) is 4.90 Å². The minimum absolute atomic E-state index is 0.125. The first-order chi connectivity index (χ1) is 13.2. The third-order valence-corrected chi connectivity index (χ3v) is 4.81. The SMILES string of the molecule is [N-]=[N+]=Nc1ccc(NC2=C(N3CCCC3)C(=O)c3ccccc3C2=O)cc1. The van der Waals surface area contributed by atoms with E-state index in [2.05, 4.69) is 15.3 Å². The van der Waals surface area contributed by atoms with Gasteiger partial charge in [-0.1, -0.05) is 41.5 Å². The lowest BCUT2D eigenvalue weighted by molar-refractivity contribution is 0.0948. The Balaban J connectivity index is 1.77. The van der Waals surface area contributed by atoms with Crippen LogP contribution in [-0.2, 0) is 0 Å². The van der Waals surface area contributed by atoms with E-state index in [0.29, 0.717) is 33.9 Å². The number of Topliss-reactive ketones (excluding diaryl/α,β-unsaturated/α-hetero) is 2. The number of nitrogens with zero attached hydrogens (tertiary/aromatic N) is 4. The zero-order valence-electron chi connectivity index (χ0n) is 14.6. The Morgan fingerprint density at radius 1 is 0.926 bits per heavy atom. The highest BCUT2D eigenvalue weighted by Gasteiger charge is 2.36. The molecule has 7 nitrogen and oxygen atoms in total. The smallest absolute Gasteiger partial charge is 0.212 e. The van der Waals surface area contributed by atoms with Crippen LogP contribution < -0.4 is 5.32 Å². The Morgan fingerprint density at radius 3 is 2.19 bits per heavy atom. The Labute approximate surface area is 155 Å². The molecule has 1 heterocycles. The molecule has 1 aliphatic heterocycles. The van der Waals surface area contributed by atoms with Crippen molar-refractivity contribution in [1.82, 2.24) is 4.90 Å². The van der Waals surface area contributed by atoms with Crippen LogP contribution in [0.3, 0.4) is 0 Å². The average Bonchev–Trinajstić information content (AvgIpc) is 3.22. The molecule has 1 N–H and O–H groups in total. The van der Waals surface area contributed by atoms with Gasteiger partial charge in [0, 0.05) is 40.5 Å². The second kappa shape index (κ2) is 6.97. The molecule has 0 unspecified atom stereocenters. The van der Waals surface area contributed by atoms with Crippen LogP contribution in [0.4, 0.5) is 11.4 Å². The van der Waals surface area contributed by atoms with Gasteiger partial charge in [0.15, 0.2) is 0 Å². The molecule has 0 amide bonds. The zero-order chi connectivity index (χ0) is 18.8. The summed E-state index contributed by atoms with van der Waals surface area (Å²) in [5.74, 6) is -0.313. The number of carbonyl (C=O) groups excluding carboxylic acids is 2. The molecule has 0 atom stereocenters. The minimum atomic E-state index is -0.189. The van der Waals surface area contributed by atoms with Crippen molar-refractivity contribution in [3.63, 3.8) is 0 Å². The first-order valence-corrected chi connectivity index (χ1v) is 8.79. The van der Waals surface area contributed by atoms with Crippen LogP contribution in [0.15, 0.2) is 65.0 Å². The van der Waals surface area contributed by atoms with E-state index in [0.717, 1.165) is 25.9 Å². The van der Waals surface area contributed by atoms with E-state index >= 15 is 0 Å². The molecule has 134 valence electrons. The van der Waals surface area contributed by atoms with Crippen LogP contribution in [0.2, 0.25) is 0 Å². The normalized spacial score (nSPS) is 16.2. The maximum Gasteiger partial charge on any atom is 0.212 e.